The second-order valence-electron chi connectivity index (χ2n) is 4.71. The highest BCUT2D eigenvalue weighted by molar-refractivity contribution is 7.11. The first-order valence-electron chi connectivity index (χ1n) is 6.47. The summed E-state index contributed by atoms with van der Waals surface area (Å²) in [6, 6.07) is 0.373. The minimum absolute atomic E-state index is 0.373. The van der Waals surface area contributed by atoms with Gasteiger partial charge in [0.15, 0.2) is 0 Å². The van der Waals surface area contributed by atoms with Gasteiger partial charge in [0, 0.05) is 17.4 Å². The minimum atomic E-state index is 0.373. The summed E-state index contributed by atoms with van der Waals surface area (Å²) in [5.41, 5.74) is 1.17. The molecule has 1 saturated heterocycles. The average molecular weight is 254 g/mol. The van der Waals surface area contributed by atoms with E-state index in [-0.39, 0.29) is 0 Å². The van der Waals surface area contributed by atoms with Gasteiger partial charge in [0.2, 0.25) is 0 Å². The summed E-state index contributed by atoms with van der Waals surface area (Å²) in [6.07, 6.45) is 2.42. The van der Waals surface area contributed by atoms with Crippen molar-refractivity contribution in [1.82, 2.24) is 10.3 Å². The molecule has 1 N–H and O–H groups in total. The maximum absolute atomic E-state index is 5.60. The van der Waals surface area contributed by atoms with E-state index >= 15 is 0 Å². The Labute approximate surface area is 108 Å². The SMILES string of the molecule is CCNC(c1nc(C)c(C)s1)C1CCCOC1. The second kappa shape index (κ2) is 5.94. The van der Waals surface area contributed by atoms with Crippen molar-refractivity contribution in [2.45, 2.75) is 39.7 Å². The number of rotatable bonds is 4. The van der Waals surface area contributed by atoms with Gasteiger partial charge in [0.1, 0.15) is 5.01 Å². The summed E-state index contributed by atoms with van der Waals surface area (Å²) >= 11 is 1.83. The van der Waals surface area contributed by atoms with Crippen molar-refractivity contribution in [2.75, 3.05) is 19.8 Å². The van der Waals surface area contributed by atoms with Crippen molar-refractivity contribution < 1.29 is 4.74 Å². The molecule has 0 radical (unpaired) electrons. The van der Waals surface area contributed by atoms with Crippen LogP contribution >= 0.6 is 11.3 Å². The lowest BCUT2D eigenvalue weighted by atomic mass is 9.94. The molecule has 2 rings (SSSR count). The number of thiazole rings is 1. The van der Waals surface area contributed by atoms with Crippen molar-refractivity contribution in [3.63, 3.8) is 0 Å². The van der Waals surface area contributed by atoms with Gasteiger partial charge in [-0.25, -0.2) is 4.98 Å². The van der Waals surface area contributed by atoms with Crippen LogP contribution in [0.4, 0.5) is 0 Å². The fourth-order valence-corrected chi connectivity index (χ4v) is 3.43. The zero-order valence-electron chi connectivity index (χ0n) is 11.0. The van der Waals surface area contributed by atoms with Crippen LogP contribution in [0.5, 0.6) is 0 Å². The Morgan fingerprint density at radius 3 is 2.88 bits per heavy atom. The van der Waals surface area contributed by atoms with Gasteiger partial charge in [-0.2, -0.15) is 0 Å². The van der Waals surface area contributed by atoms with E-state index in [4.69, 9.17) is 9.72 Å². The Kier molecular flexibility index (Phi) is 4.54. The molecular formula is C13H22N2OS. The normalized spacial score (nSPS) is 22.6. The molecule has 2 unspecified atom stereocenters. The number of aromatic nitrogens is 1. The first-order chi connectivity index (χ1) is 8.22. The van der Waals surface area contributed by atoms with Crippen LogP contribution in [0.15, 0.2) is 0 Å². The molecule has 1 aliphatic rings. The van der Waals surface area contributed by atoms with E-state index in [0.717, 1.165) is 19.8 Å². The van der Waals surface area contributed by atoms with E-state index in [0.29, 0.717) is 12.0 Å². The highest BCUT2D eigenvalue weighted by atomic mass is 32.1. The molecule has 0 aromatic carbocycles. The monoisotopic (exact) mass is 254 g/mol. The number of hydrogen-bond donors (Lipinski definition) is 1. The quantitative estimate of drug-likeness (QED) is 0.897. The third kappa shape index (κ3) is 3.06. The first-order valence-corrected chi connectivity index (χ1v) is 7.29. The largest absolute Gasteiger partial charge is 0.381 e. The van der Waals surface area contributed by atoms with Crippen molar-refractivity contribution in [3.05, 3.63) is 15.6 Å². The van der Waals surface area contributed by atoms with Gasteiger partial charge in [-0.05, 0) is 33.2 Å². The van der Waals surface area contributed by atoms with Gasteiger partial charge in [-0.15, -0.1) is 11.3 Å². The molecule has 0 bridgehead atoms. The fourth-order valence-electron chi connectivity index (χ4n) is 2.33. The summed E-state index contributed by atoms with van der Waals surface area (Å²) in [6.45, 7) is 9.18. The molecule has 1 aliphatic heterocycles. The predicted molar refractivity (Wildman–Crippen MR) is 71.5 cm³/mol. The van der Waals surface area contributed by atoms with Crippen LogP contribution < -0.4 is 5.32 Å². The molecule has 3 nitrogen and oxygen atoms in total. The van der Waals surface area contributed by atoms with Crippen molar-refractivity contribution in [1.29, 1.82) is 0 Å². The fraction of sp³-hybridized carbons (Fsp3) is 0.769. The van der Waals surface area contributed by atoms with Gasteiger partial charge in [0.25, 0.3) is 0 Å². The summed E-state index contributed by atoms with van der Waals surface area (Å²) in [4.78, 5) is 6.04. The highest BCUT2D eigenvalue weighted by Crippen LogP contribution is 2.32. The zero-order valence-corrected chi connectivity index (χ0v) is 11.8. The second-order valence-corrected chi connectivity index (χ2v) is 5.94. The van der Waals surface area contributed by atoms with E-state index in [9.17, 15) is 0 Å². The third-order valence-corrected chi connectivity index (χ3v) is 4.56. The summed E-state index contributed by atoms with van der Waals surface area (Å²) < 4.78 is 5.60. The van der Waals surface area contributed by atoms with Crippen LogP contribution in [0.3, 0.4) is 0 Å². The predicted octanol–water partition coefficient (Wildman–Crippen LogP) is 2.84. The third-order valence-electron chi connectivity index (χ3n) is 3.40. The van der Waals surface area contributed by atoms with Gasteiger partial charge < -0.3 is 10.1 Å². The van der Waals surface area contributed by atoms with Crippen LogP contribution in [-0.2, 0) is 4.74 Å². The van der Waals surface area contributed by atoms with E-state index in [1.807, 2.05) is 11.3 Å². The molecule has 1 aromatic heterocycles. The summed E-state index contributed by atoms with van der Waals surface area (Å²) in [5.74, 6) is 0.577. The van der Waals surface area contributed by atoms with Gasteiger partial charge >= 0.3 is 0 Å². The molecule has 4 heteroatoms. The van der Waals surface area contributed by atoms with Crippen LogP contribution in [0, 0.1) is 19.8 Å². The van der Waals surface area contributed by atoms with E-state index < -0.39 is 0 Å². The van der Waals surface area contributed by atoms with E-state index in [1.165, 1.54) is 28.4 Å². The Hall–Kier alpha value is -0.450. The first kappa shape index (κ1) is 13.0. The number of hydrogen-bond acceptors (Lipinski definition) is 4. The molecule has 17 heavy (non-hydrogen) atoms. The molecular weight excluding hydrogens is 232 g/mol. The lowest BCUT2D eigenvalue weighted by Gasteiger charge is -2.29. The Morgan fingerprint density at radius 1 is 1.53 bits per heavy atom. The maximum Gasteiger partial charge on any atom is 0.110 e. The summed E-state index contributed by atoms with van der Waals surface area (Å²) in [7, 11) is 0. The molecule has 1 aromatic rings. The Balaban J connectivity index is 2.15. The molecule has 96 valence electrons. The molecule has 0 aliphatic carbocycles. The van der Waals surface area contributed by atoms with Gasteiger partial charge in [-0.3, -0.25) is 0 Å². The number of aryl methyl sites for hydroxylation is 2. The highest BCUT2D eigenvalue weighted by Gasteiger charge is 2.27. The Bertz CT molecular complexity index is 339. The van der Waals surface area contributed by atoms with Crippen LogP contribution in [0.2, 0.25) is 0 Å². The van der Waals surface area contributed by atoms with Gasteiger partial charge in [-0.1, -0.05) is 6.92 Å². The van der Waals surface area contributed by atoms with Crippen LogP contribution in [0.1, 0.15) is 41.4 Å². The lowest BCUT2D eigenvalue weighted by molar-refractivity contribution is 0.0392. The standard InChI is InChI=1S/C13H22N2OS/c1-4-14-12(11-6-5-7-16-8-11)13-15-9(2)10(3)17-13/h11-12,14H,4-8H2,1-3H3. The Morgan fingerprint density at radius 2 is 2.35 bits per heavy atom. The molecule has 2 atom stereocenters. The van der Waals surface area contributed by atoms with E-state index in [1.54, 1.807) is 0 Å². The number of nitrogens with one attached hydrogen (secondary N) is 1. The molecule has 0 spiro atoms. The number of ether oxygens (including phenoxy) is 1. The van der Waals surface area contributed by atoms with Crippen molar-refractivity contribution in [3.8, 4) is 0 Å². The minimum Gasteiger partial charge on any atom is -0.381 e. The molecule has 1 fully saturated rings. The number of nitrogens with zero attached hydrogens (tertiary/aromatic N) is 1. The molecule has 2 heterocycles. The molecule has 0 amide bonds. The van der Waals surface area contributed by atoms with Crippen LogP contribution in [0.25, 0.3) is 0 Å². The van der Waals surface area contributed by atoms with Gasteiger partial charge in [0.05, 0.1) is 18.3 Å². The maximum atomic E-state index is 5.60. The molecule has 0 saturated carbocycles. The summed E-state index contributed by atoms with van der Waals surface area (Å²) in [5, 5.41) is 4.81. The zero-order chi connectivity index (χ0) is 12.3. The van der Waals surface area contributed by atoms with Crippen LogP contribution in [-0.4, -0.2) is 24.7 Å². The van der Waals surface area contributed by atoms with Crippen molar-refractivity contribution >= 4 is 11.3 Å². The topological polar surface area (TPSA) is 34.2 Å². The smallest absolute Gasteiger partial charge is 0.110 e. The average Bonchev–Trinajstić information content (AvgIpc) is 2.67. The van der Waals surface area contributed by atoms with E-state index in [2.05, 4.69) is 26.1 Å². The van der Waals surface area contributed by atoms with Crippen molar-refractivity contribution in [2.24, 2.45) is 5.92 Å². The lowest BCUT2D eigenvalue weighted by Crippen LogP contribution is -2.33.